The number of nitrogens with one attached hydrogen (secondary N) is 1. The van der Waals surface area contributed by atoms with E-state index in [1.807, 2.05) is 42.6 Å². The fraction of sp³-hybridized carbons (Fsp3) is 0.200. The Hall–Kier alpha value is -2.99. The molecule has 0 aliphatic carbocycles. The molecule has 1 aromatic heterocycles. The summed E-state index contributed by atoms with van der Waals surface area (Å²) >= 11 is 5.88. The molecule has 1 amide bonds. The highest BCUT2D eigenvalue weighted by Crippen LogP contribution is 2.20. The van der Waals surface area contributed by atoms with Crippen LogP contribution in [0.1, 0.15) is 12.5 Å². The van der Waals surface area contributed by atoms with Crippen LogP contribution in [0, 0.1) is 0 Å². The highest BCUT2D eigenvalue weighted by molar-refractivity contribution is 6.30. The Kier molecular flexibility index (Phi) is 6.33. The molecule has 140 valence electrons. The molecule has 27 heavy (non-hydrogen) atoms. The lowest BCUT2D eigenvalue weighted by molar-refractivity contribution is 0.152. The largest absolute Gasteiger partial charge is 0.492 e. The smallest absolute Gasteiger partial charge is 0.427 e. The molecular formula is C20H20ClN3O3. The molecule has 6 nitrogen and oxygen atoms in total. The van der Waals surface area contributed by atoms with Gasteiger partial charge >= 0.3 is 6.09 Å². The molecule has 0 fully saturated rings. The molecule has 0 aliphatic heterocycles. The summed E-state index contributed by atoms with van der Waals surface area (Å²) in [6.45, 7) is 3.22. The Bertz CT molecular complexity index is 935. The second-order valence-corrected chi connectivity index (χ2v) is 6.12. The lowest BCUT2D eigenvalue weighted by atomic mass is 10.2. The highest BCUT2D eigenvalue weighted by atomic mass is 35.5. The molecule has 0 saturated heterocycles. The van der Waals surface area contributed by atoms with E-state index in [9.17, 15) is 4.79 Å². The monoisotopic (exact) mass is 385 g/mol. The van der Waals surface area contributed by atoms with Gasteiger partial charge in [-0.25, -0.2) is 10.2 Å². The van der Waals surface area contributed by atoms with Gasteiger partial charge in [0.25, 0.3) is 0 Å². The fourth-order valence-corrected chi connectivity index (χ4v) is 2.80. The van der Waals surface area contributed by atoms with Crippen molar-refractivity contribution >= 4 is 34.8 Å². The first kappa shape index (κ1) is 18.8. The molecule has 0 saturated carbocycles. The fourth-order valence-electron chi connectivity index (χ4n) is 2.67. The van der Waals surface area contributed by atoms with E-state index in [2.05, 4.69) is 15.1 Å². The highest BCUT2D eigenvalue weighted by Gasteiger charge is 2.07. The van der Waals surface area contributed by atoms with Crippen molar-refractivity contribution in [1.82, 2.24) is 9.99 Å². The number of nitrogens with zero attached hydrogens (tertiary/aromatic N) is 2. The number of halogens is 1. The molecule has 1 N–H and O–H groups in total. The molecule has 1 heterocycles. The van der Waals surface area contributed by atoms with Crippen LogP contribution < -0.4 is 10.2 Å². The summed E-state index contributed by atoms with van der Waals surface area (Å²) in [5.41, 5.74) is 4.30. The normalized spacial score (nSPS) is 11.0. The first-order valence-electron chi connectivity index (χ1n) is 8.59. The maximum absolute atomic E-state index is 11.3. The average Bonchev–Trinajstić information content (AvgIpc) is 3.02. The number of carbonyl (C=O) groups excluding carboxylic acids is 1. The maximum atomic E-state index is 11.3. The second kappa shape index (κ2) is 9.09. The lowest BCUT2D eigenvalue weighted by Crippen LogP contribution is -2.18. The van der Waals surface area contributed by atoms with Gasteiger partial charge in [0.1, 0.15) is 12.4 Å². The number of para-hydroxylation sites is 1. The number of hydrazone groups is 1. The Morgan fingerprint density at radius 2 is 2.00 bits per heavy atom. The van der Waals surface area contributed by atoms with Crippen LogP contribution in [0.15, 0.2) is 59.8 Å². The van der Waals surface area contributed by atoms with Crippen LogP contribution in [0.3, 0.4) is 0 Å². The summed E-state index contributed by atoms with van der Waals surface area (Å²) in [5.74, 6) is 0.774. The zero-order valence-corrected chi connectivity index (χ0v) is 15.6. The van der Waals surface area contributed by atoms with Crippen LogP contribution in [0.5, 0.6) is 5.75 Å². The summed E-state index contributed by atoms with van der Waals surface area (Å²) in [4.78, 5) is 11.3. The van der Waals surface area contributed by atoms with Gasteiger partial charge in [0.05, 0.1) is 19.4 Å². The van der Waals surface area contributed by atoms with Gasteiger partial charge in [0.15, 0.2) is 0 Å². The Labute approximate surface area is 162 Å². The Morgan fingerprint density at radius 3 is 2.78 bits per heavy atom. The van der Waals surface area contributed by atoms with Crippen molar-refractivity contribution in [2.45, 2.75) is 13.5 Å². The maximum Gasteiger partial charge on any atom is 0.427 e. The lowest BCUT2D eigenvalue weighted by Gasteiger charge is -2.08. The van der Waals surface area contributed by atoms with E-state index < -0.39 is 6.09 Å². The van der Waals surface area contributed by atoms with Crippen molar-refractivity contribution in [1.29, 1.82) is 0 Å². The summed E-state index contributed by atoms with van der Waals surface area (Å²) < 4.78 is 12.7. The first-order chi connectivity index (χ1) is 13.2. The van der Waals surface area contributed by atoms with Crippen molar-refractivity contribution in [3.8, 4) is 5.75 Å². The summed E-state index contributed by atoms with van der Waals surface area (Å²) in [5, 5.41) is 5.67. The molecular weight excluding hydrogens is 366 g/mol. The van der Waals surface area contributed by atoms with Crippen LogP contribution in [0.25, 0.3) is 10.9 Å². The van der Waals surface area contributed by atoms with Gasteiger partial charge in [-0.1, -0.05) is 29.8 Å². The van der Waals surface area contributed by atoms with E-state index in [1.54, 1.807) is 25.3 Å². The van der Waals surface area contributed by atoms with Gasteiger partial charge in [-0.15, -0.1) is 0 Å². The molecule has 3 rings (SSSR count). The second-order valence-electron chi connectivity index (χ2n) is 5.69. The van der Waals surface area contributed by atoms with Crippen molar-refractivity contribution < 1.29 is 14.3 Å². The first-order valence-corrected chi connectivity index (χ1v) is 8.97. The van der Waals surface area contributed by atoms with Crippen LogP contribution in [0.4, 0.5) is 4.79 Å². The van der Waals surface area contributed by atoms with Crippen LogP contribution in [0.2, 0.25) is 5.02 Å². The number of ether oxygens (including phenoxy) is 2. The number of fused-ring (bicyclic) bond motifs is 1. The number of hydrogen-bond acceptors (Lipinski definition) is 4. The van der Waals surface area contributed by atoms with E-state index in [0.717, 1.165) is 22.2 Å². The predicted octanol–water partition coefficient (Wildman–Crippen LogP) is 4.45. The SMILES string of the molecule is CCOC(=O)N/N=C\c1cn(CCOc2ccc(Cl)cc2)c2ccccc12. The van der Waals surface area contributed by atoms with Crippen LogP contribution >= 0.6 is 11.6 Å². The van der Waals surface area contributed by atoms with Crippen molar-refractivity contribution in [2.75, 3.05) is 13.2 Å². The molecule has 0 radical (unpaired) electrons. The quantitative estimate of drug-likeness (QED) is 0.482. The molecule has 0 unspecified atom stereocenters. The summed E-state index contributed by atoms with van der Waals surface area (Å²) in [7, 11) is 0. The molecule has 0 aliphatic rings. The van der Waals surface area contributed by atoms with Crippen LogP contribution in [-0.2, 0) is 11.3 Å². The number of carbonyl (C=O) groups is 1. The number of hydrogen-bond donors (Lipinski definition) is 1. The molecule has 0 atom stereocenters. The number of aromatic nitrogens is 1. The van der Waals surface area contributed by atoms with Gasteiger partial charge < -0.3 is 14.0 Å². The zero-order valence-electron chi connectivity index (χ0n) is 14.9. The van der Waals surface area contributed by atoms with Gasteiger partial charge in [-0.3, -0.25) is 0 Å². The zero-order chi connectivity index (χ0) is 19.1. The minimum absolute atomic E-state index is 0.300. The van der Waals surface area contributed by atoms with Crippen molar-refractivity contribution in [2.24, 2.45) is 5.10 Å². The van der Waals surface area contributed by atoms with Gasteiger partial charge in [-0.05, 0) is 37.3 Å². The predicted molar refractivity (Wildman–Crippen MR) is 107 cm³/mol. The molecule has 0 spiro atoms. The number of amides is 1. The van der Waals surface area contributed by atoms with E-state index in [1.165, 1.54) is 0 Å². The Balaban J connectivity index is 1.69. The van der Waals surface area contributed by atoms with Gasteiger partial charge in [-0.2, -0.15) is 5.10 Å². The molecule has 7 heteroatoms. The van der Waals surface area contributed by atoms with Crippen LogP contribution in [-0.4, -0.2) is 30.1 Å². The molecule has 3 aromatic rings. The Morgan fingerprint density at radius 1 is 1.22 bits per heavy atom. The van der Waals surface area contributed by atoms with Gasteiger partial charge in [0, 0.05) is 27.7 Å². The third-order valence-corrected chi connectivity index (χ3v) is 4.12. The standard InChI is InChI=1S/C20H20ClN3O3/c1-2-26-20(25)23-22-13-15-14-24(19-6-4-3-5-18(15)19)11-12-27-17-9-7-16(21)8-10-17/h3-10,13-14H,2,11-12H2,1H3,(H,23,25)/b22-13-. The topological polar surface area (TPSA) is 64.8 Å². The van der Waals surface area contributed by atoms with E-state index in [0.29, 0.717) is 24.8 Å². The third kappa shape index (κ3) is 5.01. The van der Waals surface area contributed by atoms with Gasteiger partial charge in [0.2, 0.25) is 0 Å². The summed E-state index contributed by atoms with van der Waals surface area (Å²) in [6, 6.07) is 15.3. The number of rotatable bonds is 7. The van der Waals surface area contributed by atoms with Crippen molar-refractivity contribution in [3.05, 3.63) is 65.3 Å². The molecule has 2 aromatic carbocycles. The van der Waals surface area contributed by atoms with Crippen molar-refractivity contribution in [3.63, 3.8) is 0 Å². The summed E-state index contributed by atoms with van der Waals surface area (Å²) in [6.07, 6.45) is 3.01. The van der Waals surface area contributed by atoms with E-state index in [-0.39, 0.29) is 0 Å². The number of benzene rings is 2. The van der Waals surface area contributed by atoms with E-state index in [4.69, 9.17) is 21.1 Å². The minimum Gasteiger partial charge on any atom is -0.492 e. The van der Waals surface area contributed by atoms with E-state index >= 15 is 0 Å². The molecule has 0 bridgehead atoms. The average molecular weight is 386 g/mol. The third-order valence-electron chi connectivity index (χ3n) is 3.87. The minimum atomic E-state index is -0.575.